The molecule has 0 aliphatic carbocycles. The minimum atomic E-state index is -0.421. The van der Waals surface area contributed by atoms with E-state index >= 15 is 0 Å². The van der Waals surface area contributed by atoms with Crippen molar-refractivity contribution in [2.45, 2.75) is 46.0 Å². The fraction of sp³-hybridized carbons (Fsp3) is 0.562. The van der Waals surface area contributed by atoms with Crippen LogP contribution >= 0.6 is 0 Å². The van der Waals surface area contributed by atoms with E-state index in [9.17, 15) is 9.18 Å². The summed E-state index contributed by atoms with van der Waals surface area (Å²) in [5.74, 6) is 0.0363. The van der Waals surface area contributed by atoms with Gasteiger partial charge in [0.2, 0.25) is 0 Å². The maximum atomic E-state index is 13.5. The molecule has 1 aromatic rings. The molecule has 1 saturated heterocycles. The summed E-state index contributed by atoms with van der Waals surface area (Å²) < 4.78 is 24.7. The third-order valence-corrected chi connectivity index (χ3v) is 3.25. The molecule has 122 valence electrons. The first-order chi connectivity index (χ1) is 10.3. The largest absolute Gasteiger partial charge is 0.489 e. The van der Waals surface area contributed by atoms with Crippen LogP contribution in [0.25, 0.3) is 0 Å². The van der Waals surface area contributed by atoms with Gasteiger partial charge in [-0.25, -0.2) is 9.18 Å². The van der Waals surface area contributed by atoms with E-state index in [2.05, 4.69) is 5.32 Å². The number of amides is 2. The summed E-state index contributed by atoms with van der Waals surface area (Å²) in [5.41, 5.74) is 0.338. The lowest BCUT2D eigenvalue weighted by Crippen LogP contribution is -2.49. The Morgan fingerprint density at radius 3 is 2.59 bits per heavy atom. The average Bonchev–Trinajstić information content (AvgIpc) is 2.40. The lowest BCUT2D eigenvalue weighted by Gasteiger charge is -2.35. The van der Waals surface area contributed by atoms with Crippen LogP contribution in [0.3, 0.4) is 0 Å². The average molecular weight is 310 g/mol. The lowest BCUT2D eigenvalue weighted by molar-refractivity contribution is -0.0530. The summed E-state index contributed by atoms with van der Waals surface area (Å²) in [6, 6.07) is 3.83. The lowest BCUT2D eigenvalue weighted by atomic mass is 10.2. The first-order valence-corrected chi connectivity index (χ1v) is 7.52. The van der Waals surface area contributed by atoms with E-state index in [1.165, 1.54) is 18.2 Å². The Morgan fingerprint density at radius 1 is 1.36 bits per heavy atom. The van der Waals surface area contributed by atoms with E-state index in [0.717, 1.165) is 0 Å². The molecule has 0 aromatic heterocycles. The van der Waals surface area contributed by atoms with Crippen molar-refractivity contribution in [3.63, 3.8) is 0 Å². The van der Waals surface area contributed by atoms with Gasteiger partial charge >= 0.3 is 6.03 Å². The highest BCUT2D eigenvalue weighted by atomic mass is 19.1. The van der Waals surface area contributed by atoms with Crippen LogP contribution in [-0.2, 0) is 4.74 Å². The number of hydrogen-bond acceptors (Lipinski definition) is 3. The Kier molecular flexibility index (Phi) is 5.24. The summed E-state index contributed by atoms with van der Waals surface area (Å²) in [6.45, 7) is 8.61. The molecule has 1 fully saturated rings. The predicted octanol–water partition coefficient (Wildman–Crippen LogP) is 3.25. The molecule has 2 unspecified atom stereocenters. The SMILES string of the molecule is CC(C)Oc1ccc(F)cc1NC(=O)N1CC(C)OC(C)C1. The van der Waals surface area contributed by atoms with E-state index in [4.69, 9.17) is 9.47 Å². The van der Waals surface area contributed by atoms with Crippen molar-refractivity contribution < 1.29 is 18.7 Å². The van der Waals surface area contributed by atoms with Crippen molar-refractivity contribution in [3.05, 3.63) is 24.0 Å². The zero-order chi connectivity index (χ0) is 16.3. The number of nitrogens with zero attached hydrogens (tertiary/aromatic N) is 1. The first-order valence-electron chi connectivity index (χ1n) is 7.52. The third-order valence-electron chi connectivity index (χ3n) is 3.25. The van der Waals surface area contributed by atoms with Gasteiger partial charge in [0.05, 0.1) is 24.0 Å². The Morgan fingerprint density at radius 2 is 2.00 bits per heavy atom. The van der Waals surface area contributed by atoms with Gasteiger partial charge in [0.1, 0.15) is 11.6 Å². The molecule has 2 rings (SSSR count). The van der Waals surface area contributed by atoms with Crippen LogP contribution in [0.5, 0.6) is 5.75 Å². The molecule has 0 bridgehead atoms. The Balaban J connectivity index is 2.12. The molecule has 1 aliphatic rings. The summed E-state index contributed by atoms with van der Waals surface area (Å²) in [7, 11) is 0. The summed E-state index contributed by atoms with van der Waals surface area (Å²) in [5, 5.41) is 2.73. The second-order valence-corrected chi connectivity index (χ2v) is 5.90. The molecule has 0 spiro atoms. The van der Waals surface area contributed by atoms with E-state index < -0.39 is 5.82 Å². The first kappa shape index (κ1) is 16.5. The summed E-state index contributed by atoms with van der Waals surface area (Å²) in [6.07, 6.45) is -0.105. The number of urea groups is 1. The number of ether oxygens (including phenoxy) is 2. The summed E-state index contributed by atoms with van der Waals surface area (Å²) in [4.78, 5) is 14.1. The second kappa shape index (κ2) is 6.96. The topological polar surface area (TPSA) is 50.8 Å². The van der Waals surface area contributed by atoms with Gasteiger partial charge in [0, 0.05) is 19.2 Å². The zero-order valence-corrected chi connectivity index (χ0v) is 13.4. The number of anilines is 1. The fourth-order valence-corrected chi connectivity index (χ4v) is 2.49. The zero-order valence-electron chi connectivity index (χ0n) is 13.4. The second-order valence-electron chi connectivity index (χ2n) is 5.90. The molecule has 0 radical (unpaired) electrons. The number of morpholine rings is 1. The molecule has 5 nitrogen and oxygen atoms in total. The maximum Gasteiger partial charge on any atom is 0.322 e. The standard InChI is InChI=1S/C16H23FN2O3/c1-10(2)21-15-6-5-13(17)7-14(15)18-16(20)19-8-11(3)22-12(4)9-19/h5-7,10-12H,8-9H2,1-4H3,(H,18,20). The van der Waals surface area contributed by atoms with Gasteiger partial charge in [-0.1, -0.05) is 0 Å². The minimum Gasteiger partial charge on any atom is -0.489 e. The van der Waals surface area contributed by atoms with Crippen molar-refractivity contribution in [2.75, 3.05) is 18.4 Å². The van der Waals surface area contributed by atoms with Crippen LogP contribution in [0.15, 0.2) is 18.2 Å². The number of benzene rings is 1. The Hall–Kier alpha value is -1.82. The number of rotatable bonds is 3. The van der Waals surface area contributed by atoms with Crippen molar-refractivity contribution in [2.24, 2.45) is 0 Å². The van der Waals surface area contributed by atoms with Crippen molar-refractivity contribution in [1.29, 1.82) is 0 Å². The van der Waals surface area contributed by atoms with E-state index in [1.807, 2.05) is 27.7 Å². The number of carbonyl (C=O) groups excluding carboxylic acids is 1. The van der Waals surface area contributed by atoms with Crippen LogP contribution < -0.4 is 10.1 Å². The maximum absolute atomic E-state index is 13.5. The van der Waals surface area contributed by atoms with Gasteiger partial charge in [-0.15, -0.1) is 0 Å². The number of halogens is 1. The van der Waals surface area contributed by atoms with Gasteiger partial charge in [-0.05, 0) is 39.8 Å². The molecular formula is C16H23FN2O3. The third kappa shape index (κ3) is 4.34. The molecule has 22 heavy (non-hydrogen) atoms. The van der Waals surface area contributed by atoms with E-state index in [0.29, 0.717) is 24.5 Å². The Bertz CT molecular complexity index is 526. The summed E-state index contributed by atoms with van der Waals surface area (Å²) >= 11 is 0. The molecule has 1 N–H and O–H groups in total. The van der Waals surface area contributed by atoms with E-state index in [-0.39, 0.29) is 24.3 Å². The van der Waals surface area contributed by atoms with Gasteiger partial charge in [-0.2, -0.15) is 0 Å². The van der Waals surface area contributed by atoms with Gasteiger partial charge < -0.3 is 19.7 Å². The predicted molar refractivity (Wildman–Crippen MR) is 82.8 cm³/mol. The molecule has 1 aliphatic heterocycles. The highest BCUT2D eigenvalue weighted by molar-refractivity contribution is 5.91. The highest BCUT2D eigenvalue weighted by Crippen LogP contribution is 2.27. The normalized spacial score (nSPS) is 21.8. The molecular weight excluding hydrogens is 287 g/mol. The molecule has 2 atom stereocenters. The number of carbonyl (C=O) groups is 1. The van der Waals surface area contributed by atoms with Crippen molar-refractivity contribution in [1.82, 2.24) is 4.90 Å². The molecule has 0 saturated carbocycles. The van der Waals surface area contributed by atoms with Crippen LogP contribution in [0.2, 0.25) is 0 Å². The van der Waals surface area contributed by atoms with Crippen molar-refractivity contribution >= 4 is 11.7 Å². The highest BCUT2D eigenvalue weighted by Gasteiger charge is 2.26. The molecule has 6 heteroatoms. The fourth-order valence-electron chi connectivity index (χ4n) is 2.49. The van der Waals surface area contributed by atoms with E-state index in [1.54, 1.807) is 4.90 Å². The molecule has 1 heterocycles. The monoisotopic (exact) mass is 310 g/mol. The van der Waals surface area contributed by atoms with Crippen LogP contribution in [0.1, 0.15) is 27.7 Å². The minimum absolute atomic E-state index is 0.0200. The van der Waals surface area contributed by atoms with Crippen molar-refractivity contribution in [3.8, 4) is 5.75 Å². The smallest absolute Gasteiger partial charge is 0.322 e. The molecule has 1 aromatic carbocycles. The van der Waals surface area contributed by atoms with Gasteiger partial charge in [-0.3, -0.25) is 0 Å². The molecule has 2 amide bonds. The number of hydrogen-bond donors (Lipinski definition) is 1. The van der Waals surface area contributed by atoms with Crippen LogP contribution in [-0.4, -0.2) is 42.3 Å². The van der Waals surface area contributed by atoms with Gasteiger partial charge in [0.25, 0.3) is 0 Å². The Labute approximate surface area is 130 Å². The van der Waals surface area contributed by atoms with Gasteiger partial charge in [0.15, 0.2) is 0 Å². The quantitative estimate of drug-likeness (QED) is 0.932. The van der Waals surface area contributed by atoms with Crippen LogP contribution in [0, 0.1) is 5.82 Å². The number of nitrogens with one attached hydrogen (secondary N) is 1. The van der Waals surface area contributed by atoms with Crippen LogP contribution in [0.4, 0.5) is 14.9 Å².